The summed E-state index contributed by atoms with van der Waals surface area (Å²) in [6, 6.07) is 13.6. The van der Waals surface area contributed by atoms with Crippen molar-refractivity contribution in [3.8, 4) is 5.75 Å². The third kappa shape index (κ3) is 3.51. The normalized spacial score (nSPS) is 16.4. The summed E-state index contributed by atoms with van der Waals surface area (Å²) in [5.41, 5.74) is 6.62. The molecule has 7 heteroatoms. The van der Waals surface area contributed by atoms with E-state index in [4.69, 9.17) is 10.5 Å². The van der Waals surface area contributed by atoms with Crippen molar-refractivity contribution in [3.63, 3.8) is 0 Å². The van der Waals surface area contributed by atoms with Gasteiger partial charge in [0.15, 0.2) is 0 Å². The van der Waals surface area contributed by atoms with Crippen molar-refractivity contribution >= 4 is 29.1 Å². The maximum absolute atomic E-state index is 12.6. The van der Waals surface area contributed by atoms with Gasteiger partial charge in [0.05, 0.1) is 24.3 Å². The Labute approximate surface area is 150 Å². The molecule has 1 atom stereocenters. The molecule has 3 rings (SSSR count). The van der Waals surface area contributed by atoms with E-state index in [1.54, 1.807) is 60.5 Å². The second kappa shape index (κ2) is 7.26. The Hall–Kier alpha value is -3.35. The monoisotopic (exact) mass is 353 g/mol. The molecule has 7 nitrogen and oxygen atoms in total. The lowest BCUT2D eigenvalue weighted by Crippen LogP contribution is -2.28. The third-order valence-electron chi connectivity index (χ3n) is 4.33. The highest BCUT2D eigenvalue weighted by molar-refractivity contribution is 6.06. The highest BCUT2D eigenvalue weighted by Crippen LogP contribution is 2.28. The number of anilines is 2. The molecule has 3 amide bonds. The van der Waals surface area contributed by atoms with Crippen LogP contribution in [0.25, 0.3) is 0 Å². The molecule has 0 aromatic heterocycles. The van der Waals surface area contributed by atoms with E-state index in [1.807, 2.05) is 0 Å². The van der Waals surface area contributed by atoms with Crippen LogP contribution in [0, 0.1) is 5.92 Å². The van der Waals surface area contributed by atoms with Gasteiger partial charge < -0.3 is 20.7 Å². The quantitative estimate of drug-likeness (QED) is 0.855. The van der Waals surface area contributed by atoms with E-state index < -0.39 is 11.8 Å². The number of hydrogen-bond acceptors (Lipinski definition) is 4. The molecule has 1 saturated heterocycles. The van der Waals surface area contributed by atoms with Crippen molar-refractivity contribution < 1.29 is 19.1 Å². The summed E-state index contributed by atoms with van der Waals surface area (Å²) in [4.78, 5) is 37.9. The Kier molecular flexibility index (Phi) is 4.88. The number of nitrogens with zero attached hydrogens (tertiary/aromatic N) is 1. The van der Waals surface area contributed by atoms with Crippen LogP contribution in [0.15, 0.2) is 48.5 Å². The Bertz CT molecular complexity index is 848. The maximum Gasteiger partial charge on any atom is 0.250 e. The van der Waals surface area contributed by atoms with Gasteiger partial charge >= 0.3 is 0 Å². The SMILES string of the molecule is COc1ccc(N2C[C@H](C(=O)Nc3ccccc3C(N)=O)CC2=O)cc1. The number of ether oxygens (including phenoxy) is 1. The fraction of sp³-hybridized carbons (Fsp3) is 0.211. The van der Waals surface area contributed by atoms with E-state index in [0.717, 1.165) is 0 Å². The zero-order valence-electron chi connectivity index (χ0n) is 14.3. The predicted octanol–water partition coefficient (Wildman–Crippen LogP) is 1.79. The minimum atomic E-state index is -0.622. The number of nitrogens with two attached hydrogens (primary N) is 1. The van der Waals surface area contributed by atoms with Crippen LogP contribution in [0.5, 0.6) is 5.75 Å². The molecular formula is C19H19N3O4. The van der Waals surface area contributed by atoms with E-state index >= 15 is 0 Å². The molecule has 1 heterocycles. The van der Waals surface area contributed by atoms with Crippen molar-refractivity contribution in [1.29, 1.82) is 0 Å². The molecule has 0 saturated carbocycles. The smallest absolute Gasteiger partial charge is 0.250 e. The number of primary amides is 1. The average molecular weight is 353 g/mol. The molecule has 1 aliphatic rings. The first-order valence-corrected chi connectivity index (χ1v) is 8.13. The van der Waals surface area contributed by atoms with E-state index in [2.05, 4.69) is 5.32 Å². The minimum absolute atomic E-state index is 0.108. The summed E-state index contributed by atoms with van der Waals surface area (Å²) in [7, 11) is 1.57. The molecular weight excluding hydrogens is 334 g/mol. The van der Waals surface area contributed by atoms with E-state index in [-0.39, 0.29) is 30.3 Å². The largest absolute Gasteiger partial charge is 0.497 e. The molecule has 26 heavy (non-hydrogen) atoms. The number of hydrogen-bond donors (Lipinski definition) is 2. The van der Waals surface area contributed by atoms with Gasteiger partial charge in [0, 0.05) is 18.7 Å². The molecule has 2 aromatic carbocycles. The zero-order chi connectivity index (χ0) is 18.7. The fourth-order valence-corrected chi connectivity index (χ4v) is 2.94. The van der Waals surface area contributed by atoms with Crippen molar-refractivity contribution in [3.05, 3.63) is 54.1 Å². The maximum atomic E-state index is 12.6. The molecule has 0 bridgehead atoms. The van der Waals surface area contributed by atoms with Crippen LogP contribution in [0.4, 0.5) is 11.4 Å². The second-order valence-corrected chi connectivity index (χ2v) is 6.00. The van der Waals surface area contributed by atoms with Crippen molar-refractivity contribution in [2.45, 2.75) is 6.42 Å². The van der Waals surface area contributed by atoms with Gasteiger partial charge in [0.25, 0.3) is 5.91 Å². The number of carbonyl (C=O) groups is 3. The molecule has 0 aliphatic carbocycles. The fourth-order valence-electron chi connectivity index (χ4n) is 2.94. The number of methoxy groups -OCH3 is 1. The van der Waals surface area contributed by atoms with Gasteiger partial charge in [-0.15, -0.1) is 0 Å². The van der Waals surface area contributed by atoms with Gasteiger partial charge in [-0.05, 0) is 36.4 Å². The molecule has 3 N–H and O–H groups in total. The van der Waals surface area contributed by atoms with Crippen LogP contribution in [0.3, 0.4) is 0 Å². The van der Waals surface area contributed by atoms with E-state index in [1.165, 1.54) is 0 Å². The van der Waals surface area contributed by atoms with Gasteiger partial charge in [0.2, 0.25) is 11.8 Å². The topological polar surface area (TPSA) is 102 Å². The van der Waals surface area contributed by atoms with Crippen molar-refractivity contribution in [2.75, 3.05) is 23.9 Å². The summed E-state index contributed by atoms with van der Waals surface area (Å²) in [5.74, 6) is -0.881. The standard InChI is InChI=1S/C19H19N3O4/c1-26-14-8-6-13(7-9-14)22-11-12(10-17(22)23)19(25)21-16-5-3-2-4-15(16)18(20)24/h2-9,12H,10-11H2,1H3,(H2,20,24)(H,21,25)/t12-/m1/s1. The van der Waals surface area contributed by atoms with Crippen LogP contribution in [0.1, 0.15) is 16.8 Å². The minimum Gasteiger partial charge on any atom is -0.497 e. The summed E-state index contributed by atoms with van der Waals surface area (Å²) < 4.78 is 5.11. The molecule has 0 radical (unpaired) electrons. The zero-order valence-corrected chi connectivity index (χ0v) is 14.3. The molecule has 0 unspecified atom stereocenters. The van der Waals surface area contributed by atoms with Gasteiger partial charge in [-0.25, -0.2) is 0 Å². The highest BCUT2D eigenvalue weighted by atomic mass is 16.5. The number of rotatable bonds is 5. The Morgan fingerprint density at radius 1 is 1.15 bits per heavy atom. The average Bonchev–Trinajstić information content (AvgIpc) is 3.04. The summed E-state index contributed by atoms with van der Waals surface area (Å²) >= 11 is 0. The summed E-state index contributed by atoms with van der Waals surface area (Å²) in [6.07, 6.45) is 0.108. The Morgan fingerprint density at radius 2 is 1.85 bits per heavy atom. The van der Waals surface area contributed by atoms with Gasteiger partial charge in [-0.3, -0.25) is 14.4 Å². The van der Waals surface area contributed by atoms with Gasteiger partial charge in [0.1, 0.15) is 5.75 Å². The highest BCUT2D eigenvalue weighted by Gasteiger charge is 2.35. The second-order valence-electron chi connectivity index (χ2n) is 6.00. The van der Waals surface area contributed by atoms with Crippen molar-refractivity contribution in [2.24, 2.45) is 11.7 Å². The van der Waals surface area contributed by atoms with Gasteiger partial charge in [-0.2, -0.15) is 0 Å². The molecule has 0 spiro atoms. The number of amides is 3. The number of para-hydroxylation sites is 1. The molecule has 2 aromatic rings. The lowest BCUT2D eigenvalue weighted by Gasteiger charge is -2.17. The van der Waals surface area contributed by atoms with E-state index in [0.29, 0.717) is 17.1 Å². The third-order valence-corrected chi connectivity index (χ3v) is 4.33. The first-order valence-electron chi connectivity index (χ1n) is 8.13. The van der Waals surface area contributed by atoms with Crippen LogP contribution in [-0.2, 0) is 9.59 Å². The van der Waals surface area contributed by atoms with Crippen LogP contribution in [0.2, 0.25) is 0 Å². The summed E-state index contributed by atoms with van der Waals surface area (Å²) in [5, 5.41) is 2.71. The van der Waals surface area contributed by atoms with Crippen LogP contribution >= 0.6 is 0 Å². The first kappa shape index (κ1) is 17.5. The van der Waals surface area contributed by atoms with Crippen LogP contribution in [-0.4, -0.2) is 31.4 Å². The Morgan fingerprint density at radius 3 is 2.50 bits per heavy atom. The van der Waals surface area contributed by atoms with Crippen LogP contribution < -0.4 is 20.7 Å². The summed E-state index contributed by atoms with van der Waals surface area (Å²) in [6.45, 7) is 0.274. The number of benzene rings is 2. The molecule has 134 valence electrons. The molecule has 1 aliphatic heterocycles. The van der Waals surface area contributed by atoms with Gasteiger partial charge in [-0.1, -0.05) is 12.1 Å². The molecule has 1 fully saturated rings. The number of nitrogens with one attached hydrogen (secondary N) is 1. The number of carbonyl (C=O) groups excluding carboxylic acids is 3. The predicted molar refractivity (Wildman–Crippen MR) is 97.0 cm³/mol. The Balaban J connectivity index is 1.72. The lowest BCUT2D eigenvalue weighted by molar-refractivity contribution is -0.122. The van der Waals surface area contributed by atoms with Crippen molar-refractivity contribution in [1.82, 2.24) is 0 Å². The lowest BCUT2D eigenvalue weighted by atomic mass is 10.1. The first-order chi connectivity index (χ1) is 12.5. The van der Waals surface area contributed by atoms with E-state index in [9.17, 15) is 14.4 Å².